The first-order chi connectivity index (χ1) is 16.7. The van der Waals surface area contributed by atoms with Gasteiger partial charge in [-0.3, -0.25) is 0 Å². The van der Waals surface area contributed by atoms with Crippen LogP contribution in [0, 0.1) is 6.92 Å². The number of aromatic nitrogens is 3. The van der Waals surface area contributed by atoms with Crippen LogP contribution >= 0.6 is 0 Å². The molecule has 1 aromatic heterocycles. The van der Waals surface area contributed by atoms with Crippen LogP contribution in [-0.4, -0.2) is 29.0 Å². The van der Waals surface area contributed by atoms with Crippen LogP contribution in [0.5, 0.6) is 17.2 Å². The van der Waals surface area contributed by atoms with Gasteiger partial charge in [0.25, 0.3) is 0 Å². The van der Waals surface area contributed by atoms with Gasteiger partial charge in [-0.05, 0) is 31.2 Å². The van der Waals surface area contributed by atoms with Crippen molar-refractivity contribution in [3.05, 3.63) is 101 Å². The van der Waals surface area contributed by atoms with Crippen molar-refractivity contribution in [2.24, 2.45) is 0 Å². The molecule has 0 amide bonds. The average Bonchev–Trinajstić information content (AvgIpc) is 3.26. The maximum Gasteiger partial charge on any atom is 0.226 e. The molecule has 34 heavy (non-hydrogen) atoms. The Bertz CT molecular complexity index is 1420. The van der Waals surface area contributed by atoms with E-state index in [1.54, 1.807) is 14.2 Å². The fourth-order valence-electron chi connectivity index (χ4n) is 4.92. The highest BCUT2D eigenvalue weighted by Crippen LogP contribution is 2.52. The van der Waals surface area contributed by atoms with Crippen LogP contribution < -0.4 is 19.5 Å². The normalized spacial score (nSPS) is 18.2. The van der Waals surface area contributed by atoms with E-state index >= 15 is 0 Å². The Hall–Kier alpha value is -4.26. The highest BCUT2D eigenvalue weighted by Gasteiger charge is 2.42. The lowest BCUT2D eigenvalue weighted by molar-refractivity contribution is 0.217. The first kappa shape index (κ1) is 20.4. The van der Waals surface area contributed by atoms with E-state index in [4.69, 9.17) is 19.3 Å². The zero-order valence-electron chi connectivity index (χ0n) is 19.1. The Kier molecular flexibility index (Phi) is 4.76. The molecule has 0 saturated heterocycles. The molecule has 0 fully saturated rings. The summed E-state index contributed by atoms with van der Waals surface area (Å²) in [6.45, 7) is 1.90. The molecule has 0 radical (unpaired) electrons. The third-order valence-electron chi connectivity index (χ3n) is 6.34. The van der Waals surface area contributed by atoms with E-state index in [-0.39, 0.29) is 6.04 Å². The van der Waals surface area contributed by atoms with Crippen molar-refractivity contribution < 1.29 is 14.2 Å². The molecular formula is C27H24N4O3. The molecule has 3 heterocycles. The Morgan fingerprint density at radius 2 is 1.50 bits per heavy atom. The van der Waals surface area contributed by atoms with Gasteiger partial charge < -0.3 is 19.5 Å². The van der Waals surface area contributed by atoms with Crippen molar-refractivity contribution >= 4 is 11.6 Å². The Balaban J connectivity index is 1.67. The van der Waals surface area contributed by atoms with Crippen molar-refractivity contribution in [1.29, 1.82) is 0 Å². The summed E-state index contributed by atoms with van der Waals surface area (Å²) in [5.41, 5.74) is 4.89. The third kappa shape index (κ3) is 3.04. The van der Waals surface area contributed by atoms with Crippen molar-refractivity contribution in [1.82, 2.24) is 14.8 Å². The summed E-state index contributed by atoms with van der Waals surface area (Å²) < 4.78 is 20.1. The molecule has 2 aliphatic rings. The van der Waals surface area contributed by atoms with Crippen molar-refractivity contribution in [3.8, 4) is 17.2 Å². The minimum Gasteiger partial charge on any atom is -0.496 e. The van der Waals surface area contributed by atoms with Crippen molar-refractivity contribution in [3.63, 3.8) is 0 Å². The van der Waals surface area contributed by atoms with E-state index in [9.17, 15) is 0 Å². The molecule has 2 aliphatic heterocycles. The lowest BCUT2D eigenvalue weighted by Gasteiger charge is -2.39. The molecule has 4 aromatic rings. The number of hydrogen-bond acceptors (Lipinski definition) is 6. The predicted octanol–water partition coefficient (Wildman–Crippen LogP) is 5.16. The monoisotopic (exact) mass is 452 g/mol. The molecule has 7 heteroatoms. The Labute approximate surface area is 197 Å². The second-order valence-electron chi connectivity index (χ2n) is 8.26. The van der Waals surface area contributed by atoms with E-state index < -0.39 is 6.10 Å². The molecule has 0 saturated carbocycles. The van der Waals surface area contributed by atoms with E-state index in [0.29, 0.717) is 11.8 Å². The average molecular weight is 453 g/mol. The van der Waals surface area contributed by atoms with E-state index in [1.165, 1.54) is 0 Å². The van der Waals surface area contributed by atoms with Gasteiger partial charge in [-0.2, -0.15) is 10.1 Å². The molecule has 0 bridgehead atoms. The summed E-state index contributed by atoms with van der Waals surface area (Å²) in [5, 5.41) is 8.33. The largest absolute Gasteiger partial charge is 0.496 e. The fourth-order valence-corrected chi connectivity index (χ4v) is 4.92. The van der Waals surface area contributed by atoms with Gasteiger partial charge in [0.15, 0.2) is 6.10 Å². The number of aryl methyl sites for hydroxylation is 1. The van der Waals surface area contributed by atoms with Crippen LogP contribution in [0.2, 0.25) is 0 Å². The maximum absolute atomic E-state index is 6.70. The molecule has 1 N–H and O–H groups in total. The lowest BCUT2D eigenvalue weighted by atomic mass is 9.84. The quantitative estimate of drug-likeness (QED) is 0.461. The number of rotatable bonds is 4. The molecule has 2 atom stereocenters. The van der Waals surface area contributed by atoms with Crippen molar-refractivity contribution in [2.75, 3.05) is 19.5 Å². The SMILES string of the molecule is COc1ccccc1[C@H]1Oc2ccccc2C2=C1[C@@H](c1ccccc1OC)n1nc(C)nc1N2. The molecule has 7 nitrogen and oxygen atoms in total. The van der Waals surface area contributed by atoms with Crippen LogP contribution in [0.1, 0.15) is 34.7 Å². The van der Waals surface area contributed by atoms with E-state index in [1.807, 2.05) is 72.3 Å². The Morgan fingerprint density at radius 3 is 2.26 bits per heavy atom. The van der Waals surface area contributed by atoms with Gasteiger partial charge in [0.05, 0.1) is 19.9 Å². The summed E-state index contributed by atoms with van der Waals surface area (Å²) in [6, 6.07) is 23.7. The van der Waals surface area contributed by atoms with Crippen LogP contribution in [-0.2, 0) is 0 Å². The molecule has 170 valence electrons. The van der Waals surface area contributed by atoms with Crippen LogP contribution in [0.4, 0.5) is 5.95 Å². The van der Waals surface area contributed by atoms with Crippen LogP contribution in [0.25, 0.3) is 5.70 Å². The number of ether oxygens (including phenoxy) is 3. The fraction of sp³-hybridized carbons (Fsp3) is 0.185. The number of nitrogens with one attached hydrogen (secondary N) is 1. The zero-order valence-corrected chi connectivity index (χ0v) is 19.1. The zero-order chi connectivity index (χ0) is 23.2. The highest BCUT2D eigenvalue weighted by molar-refractivity contribution is 5.85. The summed E-state index contributed by atoms with van der Waals surface area (Å²) in [7, 11) is 3.37. The highest BCUT2D eigenvalue weighted by atomic mass is 16.5. The van der Waals surface area contributed by atoms with Gasteiger partial charge in [-0.15, -0.1) is 0 Å². The maximum atomic E-state index is 6.70. The number of nitrogens with zero attached hydrogens (tertiary/aromatic N) is 3. The second kappa shape index (κ2) is 7.95. The number of anilines is 1. The van der Waals surface area contributed by atoms with Crippen LogP contribution in [0.15, 0.2) is 78.4 Å². The number of fused-ring (bicyclic) bond motifs is 3. The minimum atomic E-state index is -0.416. The molecule has 0 unspecified atom stereocenters. The summed E-state index contributed by atoms with van der Waals surface area (Å²) in [6.07, 6.45) is -0.416. The standard InChI is InChI=1S/C27H24N4O3/c1-16-28-27-29-24-17-10-4-9-15-22(17)34-26(19-12-6-8-14-21(19)33-3)23(24)25(31(27)30-16)18-11-5-7-13-20(18)32-2/h4-15,25-26H,1-3H3,(H,28,29,30)/t25-,26-/m1/s1. The number of methoxy groups -OCH3 is 2. The molecule has 0 spiro atoms. The molecule has 3 aromatic carbocycles. The van der Waals surface area contributed by atoms with Gasteiger partial charge >= 0.3 is 0 Å². The van der Waals surface area contributed by atoms with Crippen LogP contribution in [0.3, 0.4) is 0 Å². The second-order valence-corrected chi connectivity index (χ2v) is 8.26. The van der Waals surface area contributed by atoms with Gasteiger partial charge in [-0.25, -0.2) is 4.68 Å². The smallest absolute Gasteiger partial charge is 0.226 e. The molecule has 6 rings (SSSR count). The first-order valence-electron chi connectivity index (χ1n) is 11.2. The predicted molar refractivity (Wildman–Crippen MR) is 129 cm³/mol. The first-order valence-corrected chi connectivity index (χ1v) is 11.2. The van der Waals surface area contributed by atoms with E-state index in [2.05, 4.69) is 22.4 Å². The summed E-state index contributed by atoms with van der Waals surface area (Å²) in [5.74, 6) is 3.71. The number of benzene rings is 3. The van der Waals surface area contributed by atoms with E-state index in [0.717, 1.165) is 45.2 Å². The topological polar surface area (TPSA) is 70.4 Å². The molecule has 0 aliphatic carbocycles. The van der Waals surface area contributed by atoms with Crippen molar-refractivity contribution in [2.45, 2.75) is 19.1 Å². The number of para-hydroxylation sites is 3. The van der Waals surface area contributed by atoms with Gasteiger partial charge in [0, 0.05) is 22.3 Å². The Morgan fingerprint density at radius 1 is 0.853 bits per heavy atom. The number of hydrogen-bond donors (Lipinski definition) is 1. The summed E-state index contributed by atoms with van der Waals surface area (Å²) >= 11 is 0. The summed E-state index contributed by atoms with van der Waals surface area (Å²) in [4.78, 5) is 4.68. The lowest BCUT2D eigenvalue weighted by Crippen LogP contribution is -2.32. The van der Waals surface area contributed by atoms with Gasteiger partial charge in [0.1, 0.15) is 29.1 Å². The minimum absolute atomic E-state index is 0.299. The van der Waals surface area contributed by atoms with Gasteiger partial charge in [0.2, 0.25) is 5.95 Å². The van der Waals surface area contributed by atoms with Gasteiger partial charge in [-0.1, -0.05) is 48.5 Å². The molecular weight excluding hydrogens is 428 g/mol. The third-order valence-corrected chi connectivity index (χ3v) is 6.34.